The summed E-state index contributed by atoms with van der Waals surface area (Å²) in [4.78, 5) is 10.5. The highest BCUT2D eigenvalue weighted by molar-refractivity contribution is 7.19. The molecule has 0 atom stereocenters. The number of aromatic nitrogens is 4. The van der Waals surface area contributed by atoms with Crippen LogP contribution in [0.4, 0.5) is 10.9 Å². The molecule has 0 aliphatic heterocycles. The summed E-state index contributed by atoms with van der Waals surface area (Å²) in [6.07, 6.45) is 4.96. The Morgan fingerprint density at radius 1 is 1.33 bits per heavy atom. The van der Waals surface area contributed by atoms with E-state index in [1.807, 2.05) is 26.2 Å². The van der Waals surface area contributed by atoms with Crippen molar-refractivity contribution in [3.05, 3.63) is 41.9 Å². The largest absolute Gasteiger partial charge is 0.373 e. The van der Waals surface area contributed by atoms with Crippen LogP contribution in [-0.2, 0) is 19.4 Å². The van der Waals surface area contributed by atoms with Crippen molar-refractivity contribution in [3.63, 3.8) is 0 Å². The molecule has 0 bridgehead atoms. The van der Waals surface area contributed by atoms with E-state index in [9.17, 15) is 0 Å². The monoisotopic (exact) mass is 380 g/mol. The van der Waals surface area contributed by atoms with Crippen LogP contribution < -0.4 is 10.6 Å². The van der Waals surface area contributed by atoms with Gasteiger partial charge in [-0.05, 0) is 45.2 Å². The SMILES string of the molecule is C=C(C)Nc1nc2c(s1)-c1c(c(-c3ccc(NC)nc3)nn1CC)CCC2. The van der Waals surface area contributed by atoms with Gasteiger partial charge in [-0.15, -0.1) is 0 Å². The highest BCUT2D eigenvalue weighted by Gasteiger charge is 2.27. The Morgan fingerprint density at radius 3 is 2.85 bits per heavy atom. The minimum absolute atomic E-state index is 0.824. The summed E-state index contributed by atoms with van der Waals surface area (Å²) in [5.74, 6) is 0.861. The van der Waals surface area contributed by atoms with E-state index >= 15 is 0 Å². The Kier molecular flexibility index (Phi) is 4.70. The van der Waals surface area contributed by atoms with Crippen molar-refractivity contribution in [1.82, 2.24) is 19.7 Å². The van der Waals surface area contributed by atoms with Crippen molar-refractivity contribution in [1.29, 1.82) is 0 Å². The van der Waals surface area contributed by atoms with Crippen LogP contribution in [0.3, 0.4) is 0 Å². The first kappa shape index (κ1) is 17.7. The van der Waals surface area contributed by atoms with E-state index in [0.29, 0.717) is 0 Å². The first-order valence-electron chi connectivity index (χ1n) is 9.27. The lowest BCUT2D eigenvalue weighted by Crippen LogP contribution is -1.99. The van der Waals surface area contributed by atoms with Gasteiger partial charge < -0.3 is 10.6 Å². The maximum absolute atomic E-state index is 4.94. The molecule has 1 aliphatic carbocycles. The lowest BCUT2D eigenvalue weighted by atomic mass is 10.0. The summed E-state index contributed by atoms with van der Waals surface area (Å²) in [6, 6.07) is 4.09. The number of nitrogens with one attached hydrogen (secondary N) is 2. The van der Waals surface area contributed by atoms with Gasteiger partial charge >= 0.3 is 0 Å². The Bertz CT molecular complexity index is 983. The van der Waals surface area contributed by atoms with Gasteiger partial charge in [0.05, 0.1) is 22.0 Å². The fourth-order valence-electron chi connectivity index (χ4n) is 3.51. The third kappa shape index (κ3) is 3.23. The van der Waals surface area contributed by atoms with Crippen LogP contribution in [0.2, 0.25) is 0 Å². The van der Waals surface area contributed by atoms with Gasteiger partial charge in [0.1, 0.15) is 5.82 Å². The number of thiazole rings is 1. The molecule has 0 radical (unpaired) electrons. The average molecular weight is 381 g/mol. The molecular weight excluding hydrogens is 356 g/mol. The lowest BCUT2D eigenvalue weighted by Gasteiger charge is -2.05. The number of hydrogen-bond donors (Lipinski definition) is 2. The van der Waals surface area contributed by atoms with E-state index in [0.717, 1.165) is 59.4 Å². The second-order valence-electron chi connectivity index (χ2n) is 6.73. The van der Waals surface area contributed by atoms with Crippen LogP contribution in [0.25, 0.3) is 21.8 Å². The van der Waals surface area contributed by atoms with E-state index in [2.05, 4.69) is 39.9 Å². The summed E-state index contributed by atoms with van der Waals surface area (Å²) in [7, 11) is 1.88. The molecular formula is C20H24N6S. The Hall–Kier alpha value is -2.67. The molecule has 0 fully saturated rings. The van der Waals surface area contributed by atoms with Crippen LogP contribution in [0.5, 0.6) is 0 Å². The van der Waals surface area contributed by atoms with Gasteiger partial charge in [0.25, 0.3) is 0 Å². The average Bonchev–Trinajstić information content (AvgIpc) is 3.17. The van der Waals surface area contributed by atoms with Crippen molar-refractivity contribution < 1.29 is 0 Å². The fraction of sp³-hybridized carbons (Fsp3) is 0.350. The number of aryl methyl sites for hydroxylation is 2. The molecule has 1 aliphatic rings. The molecule has 0 saturated heterocycles. The van der Waals surface area contributed by atoms with Crippen molar-refractivity contribution in [2.24, 2.45) is 0 Å². The molecule has 0 saturated carbocycles. The molecule has 140 valence electrons. The van der Waals surface area contributed by atoms with Crippen LogP contribution in [0, 0.1) is 0 Å². The normalized spacial score (nSPS) is 12.9. The van der Waals surface area contributed by atoms with Crippen LogP contribution in [0.1, 0.15) is 31.5 Å². The maximum atomic E-state index is 4.94. The number of rotatable bonds is 5. The van der Waals surface area contributed by atoms with Gasteiger partial charge in [-0.25, -0.2) is 9.97 Å². The fourth-order valence-corrected chi connectivity index (χ4v) is 4.67. The second kappa shape index (κ2) is 7.15. The highest BCUT2D eigenvalue weighted by atomic mass is 32.1. The highest BCUT2D eigenvalue weighted by Crippen LogP contribution is 2.42. The molecule has 3 aromatic heterocycles. The van der Waals surface area contributed by atoms with Crippen LogP contribution >= 0.6 is 11.3 Å². The van der Waals surface area contributed by atoms with E-state index < -0.39 is 0 Å². The summed E-state index contributed by atoms with van der Waals surface area (Å²) in [5.41, 5.74) is 6.68. The molecule has 0 spiro atoms. The van der Waals surface area contributed by atoms with Gasteiger partial charge in [0.15, 0.2) is 5.13 Å². The summed E-state index contributed by atoms with van der Waals surface area (Å²) >= 11 is 1.69. The molecule has 0 unspecified atom stereocenters. The van der Waals surface area contributed by atoms with Crippen molar-refractivity contribution in [2.45, 2.75) is 39.7 Å². The van der Waals surface area contributed by atoms with Crippen LogP contribution in [-0.4, -0.2) is 26.8 Å². The number of fused-ring (bicyclic) bond motifs is 3. The predicted molar refractivity (Wildman–Crippen MR) is 112 cm³/mol. The molecule has 2 N–H and O–H groups in total. The number of nitrogens with zero attached hydrogens (tertiary/aromatic N) is 4. The minimum atomic E-state index is 0.824. The molecule has 4 rings (SSSR count). The van der Waals surface area contributed by atoms with E-state index in [1.54, 1.807) is 11.3 Å². The van der Waals surface area contributed by atoms with Crippen molar-refractivity contribution in [2.75, 3.05) is 17.7 Å². The third-order valence-corrected chi connectivity index (χ3v) is 5.74. The Labute approximate surface area is 163 Å². The van der Waals surface area contributed by atoms with Crippen molar-refractivity contribution >= 4 is 22.3 Å². The van der Waals surface area contributed by atoms with E-state index in [1.165, 1.54) is 16.1 Å². The smallest absolute Gasteiger partial charge is 0.187 e. The quantitative estimate of drug-likeness (QED) is 0.679. The van der Waals surface area contributed by atoms with Gasteiger partial charge in [-0.3, -0.25) is 4.68 Å². The Morgan fingerprint density at radius 2 is 2.19 bits per heavy atom. The number of allylic oxidation sites excluding steroid dienone is 1. The number of hydrogen-bond acceptors (Lipinski definition) is 6. The zero-order valence-corrected chi connectivity index (χ0v) is 16.8. The minimum Gasteiger partial charge on any atom is -0.373 e. The maximum Gasteiger partial charge on any atom is 0.187 e. The van der Waals surface area contributed by atoms with Crippen molar-refractivity contribution in [3.8, 4) is 21.8 Å². The third-order valence-electron chi connectivity index (χ3n) is 4.72. The molecule has 0 aromatic carbocycles. The lowest BCUT2D eigenvalue weighted by molar-refractivity contribution is 0.669. The predicted octanol–water partition coefficient (Wildman–Crippen LogP) is 4.56. The molecule has 6 nitrogen and oxygen atoms in total. The standard InChI is InChI=1S/C20H24N6S/c1-5-26-18-14(17(25-26)13-9-10-16(21-4)22-11-13)7-6-8-15-19(18)27-20(24-15)23-12(2)3/h9-11H,2,5-8H2,1,3-4H3,(H,21,22)(H,23,24). The molecule has 27 heavy (non-hydrogen) atoms. The molecule has 3 heterocycles. The van der Waals surface area contributed by atoms with Gasteiger partial charge in [-0.1, -0.05) is 17.9 Å². The summed E-state index contributed by atoms with van der Waals surface area (Å²) < 4.78 is 2.11. The van der Waals surface area contributed by atoms with Gasteiger partial charge in [0.2, 0.25) is 0 Å². The molecule has 0 amide bonds. The zero-order chi connectivity index (χ0) is 19.0. The Balaban J connectivity index is 1.85. The van der Waals surface area contributed by atoms with Gasteiger partial charge in [0, 0.05) is 36.6 Å². The molecule has 3 aromatic rings. The first-order chi connectivity index (χ1) is 13.1. The van der Waals surface area contributed by atoms with Crippen LogP contribution in [0.15, 0.2) is 30.6 Å². The molecule has 7 heteroatoms. The first-order valence-corrected chi connectivity index (χ1v) is 10.1. The number of pyridine rings is 1. The topological polar surface area (TPSA) is 67.7 Å². The van der Waals surface area contributed by atoms with Gasteiger partial charge in [-0.2, -0.15) is 5.10 Å². The second-order valence-corrected chi connectivity index (χ2v) is 7.73. The summed E-state index contributed by atoms with van der Waals surface area (Å²) in [6.45, 7) is 8.85. The summed E-state index contributed by atoms with van der Waals surface area (Å²) in [5, 5.41) is 12.2. The van der Waals surface area contributed by atoms with E-state index in [4.69, 9.17) is 10.1 Å². The van der Waals surface area contributed by atoms with E-state index in [-0.39, 0.29) is 0 Å². The zero-order valence-electron chi connectivity index (χ0n) is 16.0. The number of anilines is 2.